The summed E-state index contributed by atoms with van der Waals surface area (Å²) in [5, 5.41) is 0. The molecule has 0 N–H and O–H groups in total. The molecule has 65 valence electrons. The average Bonchev–Trinajstić information content (AvgIpc) is 2.08. The highest BCUT2D eigenvalue weighted by molar-refractivity contribution is 5.34. The Hall–Kier alpha value is -0.920. The second kappa shape index (κ2) is 3.65. The van der Waals surface area contributed by atoms with Gasteiger partial charge < -0.3 is 0 Å². The minimum atomic E-state index is -0.597. The smallest absolute Gasteiger partial charge is 0.127 e. The molecule has 1 radical (unpaired) electrons. The standard InChI is InChI=1S/C10H11F2/c1-7-3-4-10(12)9(5-7)8(2)6-11/h3-5H,6H2,1-2H3. The first kappa shape index (κ1) is 9.17. The van der Waals surface area contributed by atoms with Crippen LogP contribution in [0.4, 0.5) is 8.78 Å². The maximum Gasteiger partial charge on any atom is 0.127 e. The summed E-state index contributed by atoms with van der Waals surface area (Å²) < 4.78 is 25.2. The monoisotopic (exact) mass is 169 g/mol. The molecule has 0 saturated carbocycles. The van der Waals surface area contributed by atoms with Gasteiger partial charge in [-0.15, -0.1) is 0 Å². The Morgan fingerprint density at radius 2 is 2.08 bits per heavy atom. The lowest BCUT2D eigenvalue weighted by atomic mass is 10.00. The van der Waals surface area contributed by atoms with Crippen LogP contribution in [-0.4, -0.2) is 6.67 Å². The molecule has 0 aliphatic rings. The molecule has 0 nitrogen and oxygen atoms in total. The van der Waals surface area contributed by atoms with Crippen molar-refractivity contribution in [3.8, 4) is 0 Å². The van der Waals surface area contributed by atoms with E-state index >= 15 is 0 Å². The van der Waals surface area contributed by atoms with E-state index in [1.807, 2.05) is 6.92 Å². The predicted octanol–water partition coefficient (Wildman–Crippen LogP) is 3.05. The summed E-state index contributed by atoms with van der Waals surface area (Å²) in [6.07, 6.45) is 0. The molecule has 0 aliphatic carbocycles. The molecule has 0 saturated heterocycles. The van der Waals surface area contributed by atoms with Gasteiger partial charge in [0, 0.05) is 5.92 Å². The van der Waals surface area contributed by atoms with Crippen molar-refractivity contribution in [3.05, 3.63) is 41.1 Å². The summed E-state index contributed by atoms with van der Waals surface area (Å²) in [6, 6.07) is 4.69. The van der Waals surface area contributed by atoms with E-state index in [1.165, 1.54) is 6.07 Å². The van der Waals surface area contributed by atoms with E-state index in [0.717, 1.165) is 5.56 Å². The van der Waals surface area contributed by atoms with Crippen LogP contribution in [0.15, 0.2) is 18.2 Å². The molecule has 0 amide bonds. The van der Waals surface area contributed by atoms with Gasteiger partial charge in [0.05, 0.1) is 6.67 Å². The fourth-order valence-corrected chi connectivity index (χ4v) is 1.04. The predicted molar refractivity (Wildman–Crippen MR) is 45.1 cm³/mol. The molecule has 1 rings (SSSR count). The van der Waals surface area contributed by atoms with E-state index in [-0.39, 0.29) is 5.82 Å². The molecule has 1 aromatic rings. The second-order valence-corrected chi connectivity index (χ2v) is 2.90. The lowest BCUT2D eigenvalue weighted by Gasteiger charge is -2.08. The molecular formula is C10H11F2. The average molecular weight is 169 g/mol. The minimum absolute atomic E-state index is 0.351. The Bertz CT molecular complexity index is 269. The Labute approximate surface area is 71.2 Å². The van der Waals surface area contributed by atoms with Crippen LogP contribution < -0.4 is 0 Å². The second-order valence-electron chi connectivity index (χ2n) is 2.90. The summed E-state index contributed by atoms with van der Waals surface area (Å²) in [7, 11) is 0. The largest absolute Gasteiger partial charge is 0.250 e. The Balaban J connectivity index is 3.04. The van der Waals surface area contributed by atoms with Gasteiger partial charge in [-0.3, -0.25) is 4.39 Å². The van der Waals surface area contributed by atoms with Crippen molar-refractivity contribution in [2.75, 3.05) is 6.67 Å². The van der Waals surface area contributed by atoms with E-state index in [0.29, 0.717) is 11.5 Å². The number of rotatable bonds is 2. The van der Waals surface area contributed by atoms with Crippen LogP contribution >= 0.6 is 0 Å². The zero-order valence-corrected chi connectivity index (χ0v) is 7.20. The number of halogens is 2. The van der Waals surface area contributed by atoms with Gasteiger partial charge in [-0.1, -0.05) is 24.6 Å². The first-order valence-corrected chi connectivity index (χ1v) is 3.80. The van der Waals surface area contributed by atoms with Gasteiger partial charge in [-0.05, 0) is 18.6 Å². The highest BCUT2D eigenvalue weighted by Crippen LogP contribution is 2.19. The highest BCUT2D eigenvalue weighted by atomic mass is 19.1. The molecule has 0 aromatic heterocycles. The van der Waals surface area contributed by atoms with E-state index in [1.54, 1.807) is 19.1 Å². The molecule has 0 heterocycles. The zero-order valence-electron chi connectivity index (χ0n) is 7.20. The molecule has 0 spiro atoms. The maximum atomic E-state index is 13.0. The van der Waals surface area contributed by atoms with Gasteiger partial charge in [0.1, 0.15) is 5.82 Å². The SMILES string of the molecule is C[C](CF)c1cc(C)ccc1F. The summed E-state index contributed by atoms with van der Waals surface area (Å²) >= 11 is 0. The molecule has 0 bridgehead atoms. The van der Waals surface area contributed by atoms with Crippen molar-refractivity contribution < 1.29 is 8.78 Å². The third-order valence-corrected chi connectivity index (χ3v) is 1.78. The van der Waals surface area contributed by atoms with E-state index < -0.39 is 6.67 Å². The van der Waals surface area contributed by atoms with Crippen molar-refractivity contribution in [1.29, 1.82) is 0 Å². The van der Waals surface area contributed by atoms with Gasteiger partial charge in [-0.2, -0.15) is 0 Å². The highest BCUT2D eigenvalue weighted by Gasteiger charge is 2.10. The van der Waals surface area contributed by atoms with Crippen molar-refractivity contribution in [2.45, 2.75) is 13.8 Å². The zero-order chi connectivity index (χ0) is 9.14. The van der Waals surface area contributed by atoms with E-state index in [9.17, 15) is 8.78 Å². The van der Waals surface area contributed by atoms with E-state index in [2.05, 4.69) is 0 Å². The van der Waals surface area contributed by atoms with Gasteiger partial charge >= 0.3 is 0 Å². The lowest BCUT2D eigenvalue weighted by molar-refractivity contribution is 0.507. The Morgan fingerprint density at radius 1 is 1.42 bits per heavy atom. The number of benzene rings is 1. The van der Waals surface area contributed by atoms with Crippen LogP contribution in [0.25, 0.3) is 0 Å². The number of hydrogen-bond donors (Lipinski definition) is 0. The number of aryl methyl sites for hydroxylation is 1. The molecule has 0 aliphatic heterocycles. The Morgan fingerprint density at radius 3 is 2.67 bits per heavy atom. The molecule has 0 unspecified atom stereocenters. The minimum Gasteiger partial charge on any atom is -0.250 e. The molecule has 1 aromatic carbocycles. The van der Waals surface area contributed by atoms with Crippen LogP contribution in [0.2, 0.25) is 0 Å². The van der Waals surface area contributed by atoms with Crippen molar-refractivity contribution in [3.63, 3.8) is 0 Å². The lowest BCUT2D eigenvalue weighted by Crippen LogP contribution is -2.00. The van der Waals surface area contributed by atoms with Gasteiger partial charge in [0.2, 0.25) is 0 Å². The van der Waals surface area contributed by atoms with Crippen molar-refractivity contribution in [1.82, 2.24) is 0 Å². The van der Waals surface area contributed by atoms with Crippen molar-refractivity contribution in [2.24, 2.45) is 0 Å². The van der Waals surface area contributed by atoms with Crippen LogP contribution in [0.5, 0.6) is 0 Å². The van der Waals surface area contributed by atoms with Crippen molar-refractivity contribution >= 4 is 0 Å². The molecular weight excluding hydrogens is 158 g/mol. The topological polar surface area (TPSA) is 0 Å². The summed E-state index contributed by atoms with van der Waals surface area (Å²) in [4.78, 5) is 0. The summed E-state index contributed by atoms with van der Waals surface area (Å²) in [5.74, 6) is 0.0898. The molecule has 0 fully saturated rings. The maximum absolute atomic E-state index is 13.0. The van der Waals surface area contributed by atoms with Gasteiger partial charge in [-0.25, -0.2) is 4.39 Å². The van der Waals surface area contributed by atoms with Crippen LogP contribution in [0.3, 0.4) is 0 Å². The fourth-order valence-electron chi connectivity index (χ4n) is 1.04. The van der Waals surface area contributed by atoms with E-state index in [4.69, 9.17) is 0 Å². The van der Waals surface area contributed by atoms with Crippen LogP contribution in [0, 0.1) is 18.7 Å². The summed E-state index contributed by atoms with van der Waals surface area (Å²) in [5.41, 5.74) is 1.33. The Kier molecular flexibility index (Phi) is 2.79. The van der Waals surface area contributed by atoms with Gasteiger partial charge in [0.15, 0.2) is 0 Å². The third-order valence-electron chi connectivity index (χ3n) is 1.78. The first-order chi connectivity index (χ1) is 5.65. The summed E-state index contributed by atoms with van der Waals surface area (Å²) in [6.45, 7) is 2.85. The fraction of sp³-hybridized carbons (Fsp3) is 0.300. The molecule has 2 heteroatoms. The quantitative estimate of drug-likeness (QED) is 0.638. The first-order valence-electron chi connectivity index (χ1n) is 3.80. The van der Waals surface area contributed by atoms with Crippen LogP contribution in [-0.2, 0) is 0 Å². The molecule has 0 atom stereocenters. The number of alkyl halides is 1. The third kappa shape index (κ3) is 1.81. The normalized spacial score (nSPS) is 10.8. The molecule has 12 heavy (non-hydrogen) atoms. The van der Waals surface area contributed by atoms with Gasteiger partial charge in [0.25, 0.3) is 0 Å². The number of hydrogen-bond acceptors (Lipinski definition) is 0. The van der Waals surface area contributed by atoms with Crippen LogP contribution in [0.1, 0.15) is 18.1 Å².